The van der Waals surface area contributed by atoms with Crippen molar-refractivity contribution >= 4 is 57.6 Å². The van der Waals surface area contributed by atoms with Crippen molar-refractivity contribution in [1.82, 2.24) is 25.2 Å². The lowest BCUT2D eigenvalue weighted by Gasteiger charge is -2.50. The number of oxazole rings is 1. The number of oxime groups is 1. The molecule has 0 aliphatic carbocycles. The summed E-state index contributed by atoms with van der Waals surface area (Å²) in [7, 11) is 2.51. The molecule has 264 valence electrons. The number of thiazole rings is 1. The van der Waals surface area contributed by atoms with Crippen LogP contribution in [0, 0.1) is 5.82 Å². The maximum atomic E-state index is 15.3. The van der Waals surface area contributed by atoms with E-state index in [1.807, 2.05) is 0 Å². The fourth-order valence-corrected chi connectivity index (χ4v) is 7.38. The number of amides is 3. The fourth-order valence-electron chi connectivity index (χ4n) is 5.50. The van der Waals surface area contributed by atoms with Gasteiger partial charge in [0.25, 0.3) is 17.7 Å². The molecule has 3 aromatic heterocycles. The number of nitrogens with zero attached hydrogens (tertiary/aromatic N) is 5. The summed E-state index contributed by atoms with van der Waals surface area (Å²) in [6.07, 6.45) is 4.28. The van der Waals surface area contributed by atoms with E-state index in [1.54, 1.807) is 29.1 Å². The molecule has 4 aromatic rings. The fraction of sp³-hybridized carbons (Fsp3) is 0.226. The van der Waals surface area contributed by atoms with E-state index in [1.165, 1.54) is 49.7 Å². The van der Waals surface area contributed by atoms with Crippen LogP contribution in [0.4, 0.5) is 9.52 Å². The van der Waals surface area contributed by atoms with Gasteiger partial charge in [-0.05, 0) is 23.8 Å². The molecule has 1 fully saturated rings. The Labute approximate surface area is 295 Å². The lowest BCUT2D eigenvalue weighted by Crippen LogP contribution is -2.71. The molecule has 0 bridgehead atoms. The zero-order valence-corrected chi connectivity index (χ0v) is 28.3. The number of rotatable bonds is 12. The molecule has 5 heterocycles. The number of anilines is 1. The number of thioether (sulfide) groups is 1. The molecule has 2 atom stereocenters. The number of carboxylic acid groups (broad SMARTS) is 1. The van der Waals surface area contributed by atoms with Crippen LogP contribution in [-0.2, 0) is 41.8 Å². The van der Waals surface area contributed by atoms with E-state index in [-0.39, 0.29) is 58.0 Å². The third-order valence-corrected chi connectivity index (χ3v) is 9.75. The second-order valence-electron chi connectivity index (χ2n) is 11.0. The summed E-state index contributed by atoms with van der Waals surface area (Å²) in [4.78, 5) is 77.0. The van der Waals surface area contributed by atoms with Gasteiger partial charge in [-0.25, -0.2) is 28.8 Å². The van der Waals surface area contributed by atoms with Gasteiger partial charge in [0.15, 0.2) is 29.8 Å². The van der Waals surface area contributed by atoms with Crippen LogP contribution in [-0.4, -0.2) is 75.2 Å². The second-order valence-corrected chi connectivity index (χ2v) is 13.0. The number of fused-ring (bicyclic) bond motifs is 1. The van der Waals surface area contributed by atoms with E-state index in [0.717, 1.165) is 26.9 Å². The minimum atomic E-state index is -1.55. The molecule has 20 heteroatoms. The Morgan fingerprint density at radius 3 is 2.63 bits per heavy atom. The Morgan fingerprint density at radius 2 is 1.98 bits per heavy atom. The molecule has 3 amide bonds. The first-order chi connectivity index (χ1) is 24.5. The minimum absolute atomic E-state index is 0.0564. The van der Waals surface area contributed by atoms with Crippen LogP contribution in [0.15, 0.2) is 79.9 Å². The third-order valence-electron chi connectivity index (χ3n) is 7.73. The Hall–Kier alpha value is -5.86. The summed E-state index contributed by atoms with van der Waals surface area (Å²) in [5.41, 5.74) is 8.75. The number of nitrogens with two attached hydrogens (primary N) is 1. The predicted molar refractivity (Wildman–Crippen MR) is 176 cm³/mol. The van der Waals surface area contributed by atoms with Crippen molar-refractivity contribution in [3.63, 3.8) is 0 Å². The quantitative estimate of drug-likeness (QED) is 0.0706. The number of carbonyl (C=O) groups excluding carboxylic acids is 4. The van der Waals surface area contributed by atoms with Crippen molar-refractivity contribution < 1.29 is 47.3 Å². The van der Waals surface area contributed by atoms with Crippen LogP contribution in [0.5, 0.6) is 0 Å². The van der Waals surface area contributed by atoms with Crippen molar-refractivity contribution in [2.75, 3.05) is 25.7 Å². The molecular formula is C31H27FN8O9S2. The van der Waals surface area contributed by atoms with Crippen LogP contribution in [0.25, 0.3) is 16.8 Å². The topological polar surface area (TPSA) is 227 Å². The van der Waals surface area contributed by atoms with Gasteiger partial charge in [-0.2, -0.15) is 0 Å². The molecule has 6 rings (SSSR count). The van der Waals surface area contributed by atoms with Crippen LogP contribution in [0.2, 0.25) is 0 Å². The zero-order valence-electron chi connectivity index (χ0n) is 26.7. The molecule has 2 aliphatic rings. The molecule has 2 aliphatic heterocycles. The van der Waals surface area contributed by atoms with Gasteiger partial charge in [0.05, 0.1) is 37.1 Å². The molecule has 0 spiro atoms. The first-order valence-electron chi connectivity index (χ1n) is 14.8. The van der Waals surface area contributed by atoms with E-state index < -0.39 is 46.7 Å². The van der Waals surface area contributed by atoms with Gasteiger partial charge < -0.3 is 30.2 Å². The monoisotopic (exact) mass is 738 g/mol. The number of aromatic nitrogens is 3. The number of carboxylic acids is 1. The van der Waals surface area contributed by atoms with E-state index >= 15 is 4.39 Å². The third kappa shape index (κ3) is 7.09. The second kappa shape index (κ2) is 14.5. The molecule has 1 saturated heterocycles. The van der Waals surface area contributed by atoms with Gasteiger partial charge in [-0.15, -0.1) is 23.1 Å². The van der Waals surface area contributed by atoms with Gasteiger partial charge in [0.2, 0.25) is 0 Å². The van der Waals surface area contributed by atoms with E-state index in [9.17, 15) is 29.1 Å². The van der Waals surface area contributed by atoms with Crippen LogP contribution < -0.4 is 32.0 Å². The number of halogens is 1. The number of nitrogen functional groups attached to an aromatic ring is 1. The normalized spacial score (nSPS) is 17.1. The van der Waals surface area contributed by atoms with Gasteiger partial charge in [0, 0.05) is 34.4 Å². The summed E-state index contributed by atoms with van der Waals surface area (Å²) >= 11 is 2.36. The van der Waals surface area contributed by atoms with Gasteiger partial charge in [-0.1, -0.05) is 5.16 Å². The average molecular weight is 739 g/mol. The number of hydrogen-bond acceptors (Lipinski definition) is 14. The highest BCUT2D eigenvalue weighted by Gasteiger charge is 2.53. The Bertz CT molecular complexity index is 2160. The first kappa shape index (κ1) is 35.0. The van der Waals surface area contributed by atoms with Crippen LogP contribution >= 0.6 is 23.1 Å². The lowest BCUT2D eigenvalue weighted by atomic mass is 10.0. The summed E-state index contributed by atoms with van der Waals surface area (Å²) in [6.45, 7) is 0.0789. The van der Waals surface area contributed by atoms with Gasteiger partial charge in [0.1, 0.15) is 35.8 Å². The highest BCUT2D eigenvalue weighted by Crippen LogP contribution is 2.40. The Balaban J connectivity index is 1.14. The summed E-state index contributed by atoms with van der Waals surface area (Å²) < 4.78 is 23.1. The number of aliphatic carboxylic acids is 1. The number of benzene rings is 1. The highest BCUT2D eigenvalue weighted by molar-refractivity contribution is 8.00. The molecule has 51 heavy (non-hydrogen) atoms. The smallest absolute Gasteiger partial charge is 0.423 e. The molecule has 0 saturated carbocycles. The predicted octanol–water partition coefficient (Wildman–Crippen LogP) is -0.762. The number of hydroxylamine groups is 1. The minimum Gasteiger partial charge on any atom is -0.543 e. The molecular weight excluding hydrogens is 712 g/mol. The molecule has 4 N–H and O–H groups in total. The number of hydrogen-bond donors (Lipinski definition) is 3. The molecule has 1 aromatic carbocycles. The SMILES string of the molecule is CO/N=C(\C(=O)N[C@@H]1C(=O)N2C(C(=O)[O-])=C(C[n+]3ccc(-c4ccc(-n5cc(CC(=O)NOC)oc5=O)cc4F)cc3)CS[C@@H]12)c1csc(N)n1. The van der Waals surface area contributed by atoms with Gasteiger partial charge >= 0.3 is 5.76 Å². The lowest BCUT2D eigenvalue weighted by molar-refractivity contribution is -0.689. The average Bonchev–Trinajstić information content (AvgIpc) is 3.70. The van der Waals surface area contributed by atoms with Crippen molar-refractivity contribution in [2.45, 2.75) is 24.4 Å². The van der Waals surface area contributed by atoms with Gasteiger partial charge in [-0.3, -0.25) is 24.1 Å². The van der Waals surface area contributed by atoms with E-state index in [4.69, 9.17) is 15.0 Å². The number of carbonyl (C=O) groups is 4. The summed E-state index contributed by atoms with van der Waals surface area (Å²) in [6, 6.07) is 6.36. The number of pyridine rings is 1. The largest absolute Gasteiger partial charge is 0.543 e. The van der Waals surface area contributed by atoms with E-state index in [2.05, 4.69) is 25.8 Å². The van der Waals surface area contributed by atoms with Crippen molar-refractivity contribution in [3.8, 4) is 16.8 Å². The highest BCUT2D eigenvalue weighted by atomic mass is 32.2. The van der Waals surface area contributed by atoms with Crippen LogP contribution in [0.3, 0.4) is 0 Å². The van der Waals surface area contributed by atoms with Crippen molar-refractivity contribution in [1.29, 1.82) is 0 Å². The maximum absolute atomic E-state index is 15.3. The molecule has 17 nitrogen and oxygen atoms in total. The summed E-state index contributed by atoms with van der Waals surface area (Å²) in [5, 5.41) is 19.6. The number of nitrogens with one attached hydrogen (secondary N) is 2. The molecule has 0 unspecified atom stereocenters. The Morgan fingerprint density at radius 1 is 1.22 bits per heavy atom. The van der Waals surface area contributed by atoms with Crippen LogP contribution in [0.1, 0.15) is 11.5 Å². The standard InChI is InChI=1S/C31H27FN8O9S2/c1-47-36-22(41)10-18-12-39(31(46)49-18)17-3-4-19(20(32)9-17)15-5-7-38(8-6-15)11-16-13-50-28-24(27(43)40(28)25(16)29(44)45)35-26(42)23(37-48-2)21-14-51-30(33)34-21/h3-9,12,14,24,28H,10-11,13H2,1-2H3,(H4-,33,34,35,36,41,42,44,45)/b37-23-/t24-,28+/m1/s1. The molecule has 0 radical (unpaired) electrons. The number of β-lactam (4-membered cyclic amide) rings is 1. The van der Waals surface area contributed by atoms with E-state index in [0.29, 0.717) is 11.1 Å². The summed E-state index contributed by atoms with van der Waals surface area (Å²) in [5.74, 6) is -4.64. The zero-order chi connectivity index (χ0) is 36.4. The first-order valence-corrected chi connectivity index (χ1v) is 16.8. The Kier molecular flexibility index (Phi) is 9.98. The van der Waals surface area contributed by atoms with Crippen molar-refractivity contribution in [2.24, 2.45) is 5.16 Å². The maximum Gasteiger partial charge on any atom is 0.423 e. The van der Waals surface area contributed by atoms with Crippen molar-refractivity contribution in [3.05, 3.63) is 93.4 Å².